The van der Waals surface area contributed by atoms with E-state index in [2.05, 4.69) is 109 Å². The summed E-state index contributed by atoms with van der Waals surface area (Å²) in [5, 5.41) is 20.8. The molecule has 0 aliphatic heterocycles. The third-order valence-electron chi connectivity index (χ3n) is 2.36. The number of halogens is 6. The summed E-state index contributed by atoms with van der Waals surface area (Å²) >= 11 is 17.1. The molecule has 2 aromatic rings. The molecule has 0 saturated carbocycles. The fourth-order valence-electron chi connectivity index (χ4n) is 1.30. The normalized spacial score (nSPS) is 9.92. The van der Waals surface area contributed by atoms with Gasteiger partial charge >= 0.3 is 0 Å². The molecule has 2 aromatic carbocycles. The van der Waals surface area contributed by atoms with Crippen LogP contribution < -0.4 is 0 Å². The van der Waals surface area contributed by atoms with Crippen molar-refractivity contribution >= 4 is 120 Å². The second kappa shape index (κ2) is 10.1. The standard InChI is InChI=1S/2C6H2Br2INO2/c2*7-4-1-3(10(11)12)2-5(8)6(4)9/h2*1-2H. The van der Waals surface area contributed by atoms with Crippen LogP contribution in [0.5, 0.6) is 0 Å². The van der Waals surface area contributed by atoms with Crippen LogP contribution in [0.3, 0.4) is 0 Å². The van der Waals surface area contributed by atoms with Crippen molar-refractivity contribution in [3.05, 3.63) is 69.5 Å². The van der Waals surface area contributed by atoms with Gasteiger partial charge in [-0.25, -0.2) is 0 Å². The average Bonchev–Trinajstić information content (AvgIpc) is 2.49. The molecule has 0 amide bonds. The van der Waals surface area contributed by atoms with Crippen molar-refractivity contribution in [2.45, 2.75) is 0 Å². The van der Waals surface area contributed by atoms with Crippen LogP contribution >= 0.6 is 109 Å². The van der Waals surface area contributed by atoms with E-state index in [-0.39, 0.29) is 11.4 Å². The van der Waals surface area contributed by atoms with Crippen LogP contribution in [0, 0.1) is 27.4 Å². The molecule has 0 unspecified atom stereocenters. The average molecular weight is 814 g/mol. The molecule has 0 atom stereocenters. The molecule has 6 nitrogen and oxygen atoms in total. The molecular weight excluding hydrogens is 810 g/mol. The van der Waals surface area contributed by atoms with Crippen LogP contribution in [0.25, 0.3) is 0 Å². The summed E-state index contributed by atoms with van der Waals surface area (Å²) in [6.45, 7) is 0. The SMILES string of the molecule is O=[N+]([O-])c1cc(Br)c(I)c(Br)c1.O=[N+]([O-])c1cc(Br)c(I)c(Br)c1. The van der Waals surface area contributed by atoms with Crippen LogP contribution in [-0.4, -0.2) is 9.85 Å². The van der Waals surface area contributed by atoms with Gasteiger partial charge in [-0.2, -0.15) is 0 Å². The summed E-state index contributed by atoms with van der Waals surface area (Å²) in [7, 11) is 0. The Morgan fingerprint density at radius 3 is 1.04 bits per heavy atom. The van der Waals surface area contributed by atoms with E-state index in [1.165, 1.54) is 24.3 Å². The van der Waals surface area contributed by atoms with Crippen LogP contribution in [0.1, 0.15) is 0 Å². The maximum absolute atomic E-state index is 10.4. The van der Waals surface area contributed by atoms with E-state index in [1.54, 1.807) is 0 Å². The van der Waals surface area contributed by atoms with Crippen molar-refractivity contribution in [2.75, 3.05) is 0 Å². The van der Waals surface area contributed by atoms with Crippen molar-refractivity contribution in [2.24, 2.45) is 0 Å². The van der Waals surface area contributed by atoms with Crippen LogP contribution in [0.15, 0.2) is 42.2 Å². The third kappa shape index (κ3) is 6.41. The van der Waals surface area contributed by atoms with E-state index in [0.29, 0.717) is 0 Å². The van der Waals surface area contributed by atoms with Gasteiger partial charge in [-0.1, -0.05) is 0 Å². The minimum absolute atomic E-state index is 0.0779. The summed E-state index contributed by atoms with van der Waals surface area (Å²) in [6, 6.07) is 5.91. The molecule has 0 heterocycles. The fourth-order valence-corrected chi connectivity index (χ4v) is 4.24. The summed E-state index contributed by atoms with van der Waals surface area (Å²) in [4.78, 5) is 19.9. The molecule has 0 saturated heterocycles. The van der Waals surface area contributed by atoms with Gasteiger partial charge < -0.3 is 0 Å². The van der Waals surface area contributed by atoms with Crippen molar-refractivity contribution in [1.29, 1.82) is 0 Å². The number of nitrogens with zero attached hydrogens (tertiary/aromatic N) is 2. The van der Waals surface area contributed by atoms with Crippen molar-refractivity contribution in [1.82, 2.24) is 0 Å². The van der Waals surface area contributed by atoms with E-state index in [1.807, 2.05) is 0 Å². The lowest BCUT2D eigenvalue weighted by molar-refractivity contribution is -0.385. The predicted octanol–water partition coefficient (Wildman–Crippen LogP) is 7.45. The Kier molecular flexibility index (Phi) is 9.52. The highest BCUT2D eigenvalue weighted by Crippen LogP contribution is 2.32. The number of nitro benzene ring substituents is 2. The third-order valence-corrected chi connectivity index (χ3v) is 10.1. The molecule has 12 heteroatoms. The lowest BCUT2D eigenvalue weighted by Crippen LogP contribution is -1.89. The van der Waals surface area contributed by atoms with Gasteiger partial charge in [-0.15, -0.1) is 0 Å². The maximum atomic E-state index is 10.4. The Balaban J connectivity index is 0.000000240. The van der Waals surface area contributed by atoms with Crippen LogP contribution in [0.4, 0.5) is 11.4 Å². The number of non-ortho nitro benzene ring substituents is 2. The number of hydrogen-bond donors (Lipinski definition) is 0. The first-order valence-corrected chi connectivity index (χ1v) is 11.0. The highest BCUT2D eigenvalue weighted by molar-refractivity contribution is 14.1. The molecule has 0 spiro atoms. The Hall–Kier alpha value is 0.620. The minimum atomic E-state index is -0.425. The lowest BCUT2D eigenvalue weighted by Gasteiger charge is -1.98. The van der Waals surface area contributed by atoms with Gasteiger partial charge in [-0.05, 0) is 109 Å². The number of nitro groups is 2. The summed E-state index contributed by atoms with van der Waals surface area (Å²) < 4.78 is 4.76. The van der Waals surface area contributed by atoms with Gasteiger partial charge in [0.1, 0.15) is 0 Å². The zero-order chi connectivity index (χ0) is 18.6. The number of rotatable bonds is 2. The maximum Gasteiger partial charge on any atom is 0.271 e. The van der Waals surface area contributed by atoms with Crippen molar-refractivity contribution < 1.29 is 9.85 Å². The summed E-state index contributed by atoms with van der Waals surface area (Å²) in [6.07, 6.45) is 0. The van der Waals surface area contributed by atoms with E-state index < -0.39 is 9.85 Å². The predicted molar refractivity (Wildman–Crippen MR) is 122 cm³/mol. The van der Waals surface area contributed by atoms with Gasteiger partial charge in [0.25, 0.3) is 11.4 Å². The molecule has 0 aliphatic carbocycles. The van der Waals surface area contributed by atoms with Crippen LogP contribution in [-0.2, 0) is 0 Å². The lowest BCUT2D eigenvalue weighted by atomic mass is 10.3. The molecule has 2 rings (SSSR count). The highest BCUT2D eigenvalue weighted by Gasteiger charge is 2.12. The topological polar surface area (TPSA) is 86.3 Å². The van der Waals surface area contributed by atoms with Gasteiger partial charge in [-0.3, -0.25) is 20.2 Å². The molecule has 0 aliphatic rings. The minimum Gasteiger partial charge on any atom is -0.258 e. The molecule has 0 aromatic heterocycles. The summed E-state index contributed by atoms with van der Waals surface area (Å²) in [5.41, 5.74) is 0.156. The molecule has 0 radical (unpaired) electrons. The number of hydrogen-bond acceptors (Lipinski definition) is 4. The Bertz CT molecular complexity index is 706. The fraction of sp³-hybridized carbons (Fsp3) is 0. The Morgan fingerprint density at radius 1 is 0.667 bits per heavy atom. The first-order chi connectivity index (χ1) is 11.0. The zero-order valence-corrected chi connectivity index (χ0v) is 21.8. The monoisotopic (exact) mass is 809 g/mol. The largest absolute Gasteiger partial charge is 0.271 e. The molecule has 128 valence electrons. The van der Waals surface area contributed by atoms with Crippen molar-refractivity contribution in [3.63, 3.8) is 0 Å². The number of benzene rings is 2. The van der Waals surface area contributed by atoms with Gasteiger partial charge in [0.15, 0.2) is 0 Å². The smallest absolute Gasteiger partial charge is 0.258 e. The second-order valence-corrected chi connectivity index (χ2v) is 9.54. The molecule has 0 fully saturated rings. The van der Waals surface area contributed by atoms with E-state index in [0.717, 1.165) is 25.0 Å². The quantitative estimate of drug-likeness (QED) is 0.137. The Labute approximate surface area is 197 Å². The molecule has 0 bridgehead atoms. The van der Waals surface area contributed by atoms with E-state index in [4.69, 9.17) is 0 Å². The van der Waals surface area contributed by atoms with Crippen LogP contribution in [0.2, 0.25) is 0 Å². The zero-order valence-electron chi connectivity index (χ0n) is 11.1. The molecule has 24 heavy (non-hydrogen) atoms. The van der Waals surface area contributed by atoms with Gasteiger partial charge in [0.05, 0.1) is 9.85 Å². The Morgan fingerprint density at radius 2 is 0.875 bits per heavy atom. The van der Waals surface area contributed by atoms with E-state index >= 15 is 0 Å². The summed E-state index contributed by atoms with van der Waals surface area (Å²) in [5.74, 6) is 0. The molecule has 0 N–H and O–H groups in total. The van der Waals surface area contributed by atoms with Gasteiger partial charge in [0.2, 0.25) is 0 Å². The highest BCUT2D eigenvalue weighted by atomic mass is 127. The van der Waals surface area contributed by atoms with E-state index in [9.17, 15) is 20.2 Å². The first-order valence-electron chi connectivity index (χ1n) is 5.62. The van der Waals surface area contributed by atoms with Crippen molar-refractivity contribution in [3.8, 4) is 0 Å². The molecular formula is C12H4Br4I2N2O4. The first kappa shape index (κ1) is 22.7. The van der Waals surface area contributed by atoms with Gasteiger partial charge in [0, 0.05) is 49.3 Å². The second-order valence-electron chi connectivity index (χ2n) is 3.96.